The van der Waals surface area contributed by atoms with Crippen molar-refractivity contribution in [3.8, 4) is 0 Å². The maximum absolute atomic E-state index is 12.0. The van der Waals surface area contributed by atoms with Crippen molar-refractivity contribution >= 4 is 21.8 Å². The minimum Gasteiger partial charge on any atom is -0.344 e. The van der Waals surface area contributed by atoms with Crippen molar-refractivity contribution in [1.29, 1.82) is 0 Å². The van der Waals surface area contributed by atoms with Crippen LogP contribution in [-0.4, -0.2) is 15.9 Å². The zero-order valence-corrected chi connectivity index (χ0v) is 11.4. The van der Waals surface area contributed by atoms with Crippen LogP contribution in [0, 0.1) is 0 Å². The van der Waals surface area contributed by atoms with Gasteiger partial charge in [0.05, 0.1) is 17.3 Å². The Bertz CT molecular complexity index is 545. The van der Waals surface area contributed by atoms with Crippen molar-refractivity contribution in [3.63, 3.8) is 0 Å². The average Bonchev–Trinajstić information content (AvgIpc) is 2.39. The number of amides is 1. The number of nitrogens with one attached hydrogen (secondary N) is 1. The number of pyridine rings is 2. The molecule has 0 radical (unpaired) electrons. The summed E-state index contributed by atoms with van der Waals surface area (Å²) in [6.07, 6.45) is 4.88. The number of hydrogen-bond acceptors (Lipinski definition) is 3. The lowest BCUT2D eigenvalue weighted by atomic mass is 10.2. The van der Waals surface area contributed by atoms with Gasteiger partial charge in [0.1, 0.15) is 0 Å². The van der Waals surface area contributed by atoms with Crippen LogP contribution in [0.25, 0.3) is 0 Å². The molecule has 1 unspecified atom stereocenters. The molecule has 0 aliphatic heterocycles. The van der Waals surface area contributed by atoms with Crippen molar-refractivity contribution < 1.29 is 4.79 Å². The highest BCUT2D eigenvalue weighted by Gasteiger charge is 2.12. The first-order valence-corrected chi connectivity index (χ1v) is 6.28. The van der Waals surface area contributed by atoms with Crippen molar-refractivity contribution in [2.75, 3.05) is 0 Å². The topological polar surface area (TPSA) is 54.9 Å². The van der Waals surface area contributed by atoms with Gasteiger partial charge in [-0.3, -0.25) is 14.8 Å². The van der Waals surface area contributed by atoms with Gasteiger partial charge in [0, 0.05) is 23.1 Å². The molecule has 0 saturated carbocycles. The van der Waals surface area contributed by atoms with Crippen LogP contribution in [-0.2, 0) is 0 Å². The van der Waals surface area contributed by atoms with Gasteiger partial charge in [-0.15, -0.1) is 0 Å². The number of nitrogens with zero attached hydrogens (tertiary/aromatic N) is 2. The van der Waals surface area contributed by atoms with Crippen LogP contribution >= 0.6 is 15.9 Å². The number of carbonyl (C=O) groups excluding carboxylic acids is 1. The fourth-order valence-corrected chi connectivity index (χ4v) is 1.89. The van der Waals surface area contributed by atoms with Gasteiger partial charge in [0.2, 0.25) is 0 Å². The molecule has 1 amide bonds. The Morgan fingerprint density at radius 3 is 2.89 bits per heavy atom. The number of carbonyl (C=O) groups is 1. The van der Waals surface area contributed by atoms with Crippen LogP contribution in [0.15, 0.2) is 47.3 Å². The lowest BCUT2D eigenvalue weighted by molar-refractivity contribution is 0.0938. The van der Waals surface area contributed by atoms with Gasteiger partial charge in [0.15, 0.2) is 0 Å². The maximum atomic E-state index is 12.0. The summed E-state index contributed by atoms with van der Waals surface area (Å²) >= 11 is 3.29. The maximum Gasteiger partial charge on any atom is 0.253 e. The van der Waals surface area contributed by atoms with E-state index in [2.05, 4.69) is 31.2 Å². The third-order valence-corrected chi connectivity index (χ3v) is 2.88. The summed E-state index contributed by atoms with van der Waals surface area (Å²) in [5, 5.41) is 2.88. The Labute approximate surface area is 114 Å². The standard InChI is InChI=1S/C13H12BrN3O/c1-9(12-4-2-3-5-16-12)17-13(18)10-6-11(14)8-15-7-10/h2-9H,1H3,(H,17,18). The highest BCUT2D eigenvalue weighted by Crippen LogP contribution is 2.12. The van der Waals surface area contributed by atoms with Crippen LogP contribution in [0.2, 0.25) is 0 Å². The first kappa shape index (κ1) is 12.7. The van der Waals surface area contributed by atoms with E-state index in [4.69, 9.17) is 0 Å². The zero-order valence-electron chi connectivity index (χ0n) is 9.80. The molecule has 0 aliphatic rings. The fraction of sp³-hybridized carbons (Fsp3) is 0.154. The van der Waals surface area contributed by atoms with E-state index < -0.39 is 0 Å². The molecule has 1 N–H and O–H groups in total. The molecule has 0 saturated heterocycles. The SMILES string of the molecule is CC(NC(=O)c1cncc(Br)c1)c1ccccn1. The number of halogens is 1. The van der Waals surface area contributed by atoms with Crippen molar-refractivity contribution in [2.24, 2.45) is 0 Å². The lowest BCUT2D eigenvalue weighted by Gasteiger charge is -2.13. The molecule has 0 aromatic carbocycles. The molecule has 4 nitrogen and oxygen atoms in total. The Kier molecular flexibility index (Phi) is 4.04. The predicted octanol–water partition coefficient (Wildman–Crippen LogP) is 2.73. The third kappa shape index (κ3) is 3.13. The molecule has 5 heteroatoms. The lowest BCUT2D eigenvalue weighted by Crippen LogP contribution is -2.27. The summed E-state index contributed by atoms with van der Waals surface area (Å²) in [4.78, 5) is 20.1. The van der Waals surface area contributed by atoms with E-state index in [0.29, 0.717) is 5.56 Å². The largest absolute Gasteiger partial charge is 0.344 e. The van der Waals surface area contributed by atoms with E-state index in [1.165, 1.54) is 6.20 Å². The van der Waals surface area contributed by atoms with E-state index in [0.717, 1.165) is 10.2 Å². The van der Waals surface area contributed by atoms with Gasteiger partial charge < -0.3 is 5.32 Å². The molecule has 2 aromatic heterocycles. The summed E-state index contributed by atoms with van der Waals surface area (Å²) in [5.41, 5.74) is 1.35. The molecule has 1 atom stereocenters. The first-order valence-electron chi connectivity index (χ1n) is 5.49. The van der Waals surface area contributed by atoms with E-state index in [1.807, 2.05) is 25.1 Å². The highest BCUT2D eigenvalue weighted by molar-refractivity contribution is 9.10. The van der Waals surface area contributed by atoms with Gasteiger partial charge in [-0.05, 0) is 41.1 Å². The second-order valence-corrected chi connectivity index (χ2v) is 4.76. The number of rotatable bonds is 3. The smallest absolute Gasteiger partial charge is 0.253 e. The number of hydrogen-bond donors (Lipinski definition) is 1. The van der Waals surface area contributed by atoms with Crippen LogP contribution in [0.3, 0.4) is 0 Å². The fourth-order valence-electron chi connectivity index (χ4n) is 1.52. The Morgan fingerprint density at radius 1 is 1.39 bits per heavy atom. The van der Waals surface area contributed by atoms with Gasteiger partial charge in [-0.2, -0.15) is 0 Å². The quantitative estimate of drug-likeness (QED) is 0.948. The molecule has 18 heavy (non-hydrogen) atoms. The minimum absolute atomic E-state index is 0.141. The van der Waals surface area contributed by atoms with E-state index >= 15 is 0 Å². The molecule has 2 aromatic rings. The van der Waals surface area contributed by atoms with E-state index in [1.54, 1.807) is 18.5 Å². The highest BCUT2D eigenvalue weighted by atomic mass is 79.9. The van der Waals surface area contributed by atoms with Crippen molar-refractivity contribution in [1.82, 2.24) is 15.3 Å². The van der Waals surface area contributed by atoms with Gasteiger partial charge in [-0.25, -0.2) is 0 Å². The second kappa shape index (κ2) is 5.73. The minimum atomic E-state index is -0.165. The zero-order chi connectivity index (χ0) is 13.0. The van der Waals surface area contributed by atoms with Gasteiger partial charge >= 0.3 is 0 Å². The van der Waals surface area contributed by atoms with Gasteiger partial charge in [-0.1, -0.05) is 6.07 Å². The Balaban J connectivity index is 2.08. The summed E-state index contributed by atoms with van der Waals surface area (Å²) in [6, 6.07) is 7.21. The molecular weight excluding hydrogens is 294 g/mol. The summed E-state index contributed by atoms with van der Waals surface area (Å²) in [5.74, 6) is -0.165. The Hall–Kier alpha value is -1.75. The van der Waals surface area contributed by atoms with E-state index in [9.17, 15) is 4.79 Å². The molecule has 0 fully saturated rings. The molecular formula is C13H12BrN3O. The van der Waals surface area contributed by atoms with Crippen molar-refractivity contribution in [3.05, 3.63) is 58.6 Å². The Morgan fingerprint density at radius 2 is 2.22 bits per heavy atom. The summed E-state index contributed by atoms with van der Waals surface area (Å²) in [6.45, 7) is 1.89. The van der Waals surface area contributed by atoms with Crippen LogP contribution in [0.4, 0.5) is 0 Å². The van der Waals surface area contributed by atoms with Crippen LogP contribution < -0.4 is 5.32 Å². The van der Waals surface area contributed by atoms with Gasteiger partial charge in [0.25, 0.3) is 5.91 Å². The summed E-state index contributed by atoms with van der Waals surface area (Å²) in [7, 11) is 0. The monoisotopic (exact) mass is 305 g/mol. The molecule has 92 valence electrons. The molecule has 2 rings (SSSR count). The third-order valence-electron chi connectivity index (χ3n) is 2.45. The predicted molar refractivity (Wildman–Crippen MR) is 72.1 cm³/mol. The normalized spacial score (nSPS) is 11.9. The first-order chi connectivity index (χ1) is 8.66. The molecule has 0 bridgehead atoms. The van der Waals surface area contributed by atoms with Crippen molar-refractivity contribution in [2.45, 2.75) is 13.0 Å². The molecule has 2 heterocycles. The van der Waals surface area contributed by atoms with E-state index in [-0.39, 0.29) is 11.9 Å². The van der Waals surface area contributed by atoms with Crippen LogP contribution in [0.5, 0.6) is 0 Å². The average molecular weight is 306 g/mol. The number of aromatic nitrogens is 2. The molecule has 0 spiro atoms. The molecule has 0 aliphatic carbocycles. The summed E-state index contributed by atoms with van der Waals surface area (Å²) < 4.78 is 0.778. The van der Waals surface area contributed by atoms with Crippen LogP contribution in [0.1, 0.15) is 29.0 Å². The second-order valence-electron chi connectivity index (χ2n) is 3.84.